The van der Waals surface area contributed by atoms with Crippen molar-refractivity contribution in [3.05, 3.63) is 113 Å². The molecule has 7 heteroatoms. The van der Waals surface area contributed by atoms with Crippen LogP contribution in [0.15, 0.2) is 85.2 Å². The predicted molar refractivity (Wildman–Crippen MR) is 149 cm³/mol. The molecule has 0 aliphatic heterocycles. The van der Waals surface area contributed by atoms with Gasteiger partial charge in [0.15, 0.2) is 0 Å². The minimum atomic E-state index is -1.03. The number of nitrogens with one attached hydrogen (secondary N) is 2. The Kier molecular flexibility index (Phi) is 9.08. The van der Waals surface area contributed by atoms with Crippen LogP contribution < -0.4 is 15.4 Å². The Morgan fingerprint density at radius 2 is 1.79 bits per heavy atom. The lowest BCUT2D eigenvalue weighted by atomic mass is 9.96. The summed E-state index contributed by atoms with van der Waals surface area (Å²) < 4.78 is 6.14. The predicted octanol–water partition coefficient (Wildman–Crippen LogP) is 5.42. The second-order valence-corrected chi connectivity index (χ2v) is 9.27. The highest BCUT2D eigenvalue weighted by Gasteiger charge is 2.11. The molecule has 0 bridgehead atoms. The maximum absolute atomic E-state index is 11.3. The van der Waals surface area contributed by atoms with Gasteiger partial charge in [0.1, 0.15) is 12.4 Å². The van der Waals surface area contributed by atoms with E-state index in [0.717, 1.165) is 11.3 Å². The summed E-state index contributed by atoms with van der Waals surface area (Å²) in [4.78, 5) is 15.3. The average Bonchev–Trinajstić information content (AvgIpc) is 2.95. The zero-order valence-electron chi connectivity index (χ0n) is 21.6. The normalized spacial score (nSPS) is 11.7. The third-order valence-electron chi connectivity index (χ3n) is 6.43. The van der Waals surface area contributed by atoms with Gasteiger partial charge in [-0.15, -0.1) is 0 Å². The highest BCUT2D eigenvalue weighted by atomic mass is 16.5. The van der Waals surface area contributed by atoms with E-state index in [0.29, 0.717) is 24.4 Å². The molecule has 4 aromatic rings. The molecule has 0 saturated heterocycles. The summed E-state index contributed by atoms with van der Waals surface area (Å²) in [6, 6.07) is 24.2. The van der Waals surface area contributed by atoms with Gasteiger partial charge < -0.3 is 25.6 Å². The lowest BCUT2D eigenvalue weighted by molar-refractivity contribution is 0.0696. The Morgan fingerprint density at radius 3 is 2.55 bits per heavy atom. The van der Waals surface area contributed by atoms with Gasteiger partial charge >= 0.3 is 5.97 Å². The van der Waals surface area contributed by atoms with Crippen LogP contribution in [0.1, 0.15) is 39.5 Å². The number of nitrogens with zero attached hydrogens (tertiary/aromatic N) is 1. The van der Waals surface area contributed by atoms with Gasteiger partial charge in [0.05, 0.1) is 12.2 Å². The number of hydrogen-bond acceptors (Lipinski definition) is 6. The zero-order valence-corrected chi connectivity index (χ0v) is 21.6. The number of aliphatic hydroxyl groups excluding tert-OH is 1. The van der Waals surface area contributed by atoms with Gasteiger partial charge in [-0.25, -0.2) is 4.79 Å². The van der Waals surface area contributed by atoms with Gasteiger partial charge in [0.2, 0.25) is 0 Å². The van der Waals surface area contributed by atoms with Crippen LogP contribution in [0.5, 0.6) is 5.75 Å². The first-order chi connectivity index (χ1) is 18.4. The Labute approximate surface area is 223 Å². The van der Waals surface area contributed by atoms with Gasteiger partial charge in [-0.2, -0.15) is 0 Å². The van der Waals surface area contributed by atoms with Crippen LogP contribution in [0.3, 0.4) is 0 Å². The summed E-state index contributed by atoms with van der Waals surface area (Å²) >= 11 is 0. The first kappa shape index (κ1) is 26.9. The van der Waals surface area contributed by atoms with Crippen molar-refractivity contribution in [1.82, 2.24) is 10.3 Å². The number of benzene rings is 3. The molecule has 0 aliphatic rings. The van der Waals surface area contributed by atoms with Crippen molar-refractivity contribution < 1.29 is 19.7 Å². The van der Waals surface area contributed by atoms with Crippen LogP contribution >= 0.6 is 0 Å². The van der Waals surface area contributed by atoms with Crippen LogP contribution in [-0.4, -0.2) is 33.8 Å². The maximum atomic E-state index is 11.3. The SMILES string of the molecule is Cc1c(CNc2ccc(CN[C@@H](C)CO)c(OCc3cncc(C(=O)O)c3)c2)cccc1-c1ccccc1. The first-order valence-electron chi connectivity index (χ1n) is 12.6. The lowest BCUT2D eigenvalue weighted by Gasteiger charge is -2.17. The van der Waals surface area contributed by atoms with Crippen molar-refractivity contribution in [2.45, 2.75) is 39.6 Å². The van der Waals surface area contributed by atoms with Crippen LogP contribution in [0.2, 0.25) is 0 Å². The fourth-order valence-electron chi connectivity index (χ4n) is 4.14. The number of rotatable bonds is 12. The molecule has 0 fully saturated rings. The van der Waals surface area contributed by atoms with Crippen molar-refractivity contribution >= 4 is 11.7 Å². The van der Waals surface area contributed by atoms with E-state index in [1.165, 1.54) is 28.5 Å². The fraction of sp³-hybridized carbons (Fsp3) is 0.226. The van der Waals surface area contributed by atoms with Gasteiger partial charge in [0.25, 0.3) is 0 Å². The molecular weight excluding hydrogens is 478 g/mol. The molecule has 0 aliphatic carbocycles. The number of hydrogen-bond donors (Lipinski definition) is 4. The van der Waals surface area contributed by atoms with Crippen molar-refractivity contribution in [3.63, 3.8) is 0 Å². The molecule has 7 nitrogen and oxygen atoms in total. The average molecular weight is 512 g/mol. The smallest absolute Gasteiger partial charge is 0.337 e. The van der Waals surface area contributed by atoms with Crippen LogP contribution in [0, 0.1) is 6.92 Å². The van der Waals surface area contributed by atoms with E-state index >= 15 is 0 Å². The molecule has 0 amide bonds. The molecule has 0 radical (unpaired) electrons. The van der Waals surface area contributed by atoms with Gasteiger partial charge in [0, 0.05) is 54.4 Å². The standard InChI is InChI=1S/C31H33N3O4/c1-21(19-35)33-18-26-11-12-28(14-30(26)38-20-23-13-27(31(36)37)16-32-15-23)34-17-25-9-6-10-29(22(25)2)24-7-4-3-5-8-24/h3-16,21,33-35H,17-20H2,1-2H3,(H,36,37)/t21-/m0/s1. The third-order valence-corrected chi connectivity index (χ3v) is 6.43. The number of aliphatic hydroxyl groups is 1. The number of anilines is 1. The van der Waals surface area contributed by atoms with Crippen molar-refractivity contribution in [2.75, 3.05) is 11.9 Å². The Balaban J connectivity index is 1.52. The largest absolute Gasteiger partial charge is 0.488 e. The molecule has 0 saturated carbocycles. The van der Waals surface area contributed by atoms with Crippen molar-refractivity contribution in [2.24, 2.45) is 0 Å². The summed E-state index contributed by atoms with van der Waals surface area (Å²) in [5.41, 5.74) is 7.46. The summed E-state index contributed by atoms with van der Waals surface area (Å²) in [5, 5.41) is 25.4. The van der Waals surface area contributed by atoms with E-state index in [2.05, 4.69) is 52.9 Å². The Morgan fingerprint density at radius 1 is 0.974 bits per heavy atom. The molecule has 4 rings (SSSR count). The van der Waals surface area contributed by atoms with E-state index < -0.39 is 5.97 Å². The highest BCUT2D eigenvalue weighted by molar-refractivity contribution is 5.87. The number of ether oxygens (including phenoxy) is 1. The lowest BCUT2D eigenvalue weighted by Crippen LogP contribution is -2.28. The summed E-state index contributed by atoms with van der Waals surface area (Å²) in [5.74, 6) is -0.358. The quantitative estimate of drug-likeness (QED) is 0.201. The first-order valence-corrected chi connectivity index (χ1v) is 12.6. The fourth-order valence-corrected chi connectivity index (χ4v) is 4.14. The van der Waals surface area contributed by atoms with E-state index in [4.69, 9.17) is 4.74 Å². The third kappa shape index (κ3) is 6.97. The second-order valence-electron chi connectivity index (χ2n) is 9.27. The molecule has 0 unspecified atom stereocenters. The molecular formula is C31H33N3O4. The van der Waals surface area contributed by atoms with Crippen molar-refractivity contribution in [3.8, 4) is 16.9 Å². The monoisotopic (exact) mass is 511 g/mol. The van der Waals surface area contributed by atoms with Gasteiger partial charge in [-0.05, 0) is 48.2 Å². The minimum Gasteiger partial charge on any atom is -0.488 e. The van der Waals surface area contributed by atoms with E-state index in [1.807, 2.05) is 43.3 Å². The maximum Gasteiger partial charge on any atom is 0.337 e. The number of carboxylic acids is 1. The number of carbonyl (C=O) groups is 1. The summed E-state index contributed by atoms with van der Waals surface area (Å²) in [6.07, 6.45) is 2.92. The number of pyridine rings is 1. The molecule has 4 N–H and O–H groups in total. The van der Waals surface area contributed by atoms with Gasteiger partial charge in [-0.1, -0.05) is 54.6 Å². The van der Waals surface area contributed by atoms with E-state index in [-0.39, 0.29) is 24.8 Å². The Hall–Kier alpha value is -4.20. The zero-order chi connectivity index (χ0) is 26.9. The molecule has 0 spiro atoms. The summed E-state index contributed by atoms with van der Waals surface area (Å²) in [7, 11) is 0. The van der Waals surface area contributed by atoms with E-state index in [9.17, 15) is 15.0 Å². The number of carboxylic acid groups (broad SMARTS) is 1. The van der Waals surface area contributed by atoms with Gasteiger partial charge in [-0.3, -0.25) is 4.98 Å². The van der Waals surface area contributed by atoms with E-state index in [1.54, 1.807) is 12.3 Å². The van der Waals surface area contributed by atoms with Crippen LogP contribution in [-0.2, 0) is 19.7 Å². The van der Waals surface area contributed by atoms with Crippen LogP contribution in [0.25, 0.3) is 11.1 Å². The minimum absolute atomic E-state index is 0.0326. The Bertz CT molecular complexity index is 1370. The topological polar surface area (TPSA) is 104 Å². The number of aromatic carboxylic acids is 1. The molecule has 196 valence electrons. The second kappa shape index (κ2) is 12.9. The summed E-state index contributed by atoms with van der Waals surface area (Å²) in [6.45, 7) is 5.43. The molecule has 1 atom stereocenters. The van der Waals surface area contributed by atoms with Crippen LogP contribution in [0.4, 0.5) is 5.69 Å². The molecule has 1 aromatic heterocycles. The number of aromatic nitrogens is 1. The molecule has 1 heterocycles. The highest BCUT2D eigenvalue weighted by Crippen LogP contribution is 2.28. The van der Waals surface area contributed by atoms with Crippen molar-refractivity contribution in [1.29, 1.82) is 0 Å². The molecule has 38 heavy (non-hydrogen) atoms. The molecule has 3 aromatic carbocycles.